The van der Waals surface area contributed by atoms with Gasteiger partial charge in [-0.15, -0.1) is 0 Å². The van der Waals surface area contributed by atoms with Crippen molar-refractivity contribution in [3.63, 3.8) is 0 Å². The van der Waals surface area contributed by atoms with E-state index in [-0.39, 0.29) is 21.5 Å². The largest absolute Gasteiger partial charge is 0.478 e. The van der Waals surface area contributed by atoms with E-state index < -0.39 is 16.0 Å². The molecule has 1 rings (SSSR count). The van der Waals surface area contributed by atoms with Gasteiger partial charge in [-0.1, -0.05) is 11.6 Å². The molecule has 0 saturated carbocycles. The summed E-state index contributed by atoms with van der Waals surface area (Å²) in [7, 11) is -0.119. The number of nitrogens with zero attached hydrogens (tertiary/aromatic N) is 1. The van der Waals surface area contributed by atoms with Gasteiger partial charge in [0.05, 0.1) is 15.5 Å². The maximum absolute atomic E-state index is 12.1. The average Bonchev–Trinajstić information content (AvgIpc) is 2.26. The van der Waals surface area contributed by atoms with Crippen molar-refractivity contribution >= 4 is 27.6 Å². The minimum Gasteiger partial charge on any atom is -0.478 e. The predicted molar refractivity (Wildman–Crippen MR) is 76.7 cm³/mol. The van der Waals surface area contributed by atoms with Gasteiger partial charge < -0.3 is 10.0 Å². The second kappa shape index (κ2) is 6.53. The quantitative estimate of drug-likeness (QED) is 0.824. The number of hydrogen-bond acceptors (Lipinski definition) is 4. The molecule has 0 spiro atoms. The molecular formula is C12H17ClN2O4S. The van der Waals surface area contributed by atoms with Gasteiger partial charge in [-0.25, -0.2) is 17.9 Å². The Morgan fingerprint density at radius 2 is 2.05 bits per heavy atom. The number of carboxylic acid groups (broad SMARTS) is 1. The van der Waals surface area contributed by atoms with Crippen molar-refractivity contribution in [2.45, 2.75) is 17.9 Å². The fourth-order valence-electron chi connectivity index (χ4n) is 1.75. The lowest BCUT2D eigenvalue weighted by Gasteiger charge is -2.18. The van der Waals surface area contributed by atoms with Crippen LogP contribution in [0.4, 0.5) is 0 Å². The maximum atomic E-state index is 12.1. The fourth-order valence-corrected chi connectivity index (χ4v) is 3.21. The lowest BCUT2D eigenvalue weighted by Crippen LogP contribution is -2.39. The first-order valence-corrected chi connectivity index (χ1v) is 7.69. The van der Waals surface area contributed by atoms with Gasteiger partial charge in [0.15, 0.2) is 0 Å². The van der Waals surface area contributed by atoms with Gasteiger partial charge >= 0.3 is 5.97 Å². The molecule has 2 N–H and O–H groups in total. The number of carboxylic acids is 1. The van der Waals surface area contributed by atoms with Crippen molar-refractivity contribution < 1.29 is 18.3 Å². The van der Waals surface area contributed by atoms with Gasteiger partial charge in [-0.2, -0.15) is 0 Å². The van der Waals surface area contributed by atoms with Crippen molar-refractivity contribution in [2.24, 2.45) is 0 Å². The van der Waals surface area contributed by atoms with Crippen LogP contribution in [0.5, 0.6) is 0 Å². The van der Waals surface area contributed by atoms with Gasteiger partial charge in [-0.05, 0) is 39.2 Å². The highest BCUT2D eigenvalue weighted by atomic mass is 35.5. The number of nitrogens with one attached hydrogen (secondary N) is 1. The molecule has 1 aromatic carbocycles. The van der Waals surface area contributed by atoms with Gasteiger partial charge in [0, 0.05) is 12.6 Å². The third-order valence-electron chi connectivity index (χ3n) is 2.47. The number of halogens is 1. The zero-order chi connectivity index (χ0) is 15.5. The molecule has 8 heteroatoms. The third-order valence-corrected chi connectivity index (χ3v) is 4.39. The molecule has 112 valence electrons. The molecular weight excluding hydrogens is 304 g/mol. The Morgan fingerprint density at radius 1 is 1.45 bits per heavy atom. The minimum absolute atomic E-state index is 0.00205. The molecule has 0 aliphatic rings. The van der Waals surface area contributed by atoms with Crippen LogP contribution in [0, 0.1) is 0 Å². The lowest BCUT2D eigenvalue weighted by molar-refractivity contribution is 0.0697. The van der Waals surface area contributed by atoms with E-state index in [0.29, 0.717) is 6.54 Å². The molecule has 1 aromatic rings. The molecule has 1 unspecified atom stereocenters. The van der Waals surface area contributed by atoms with E-state index >= 15 is 0 Å². The molecule has 0 fully saturated rings. The summed E-state index contributed by atoms with van der Waals surface area (Å²) in [6.07, 6.45) is 0. The highest BCUT2D eigenvalue weighted by Gasteiger charge is 2.20. The SMILES string of the molecule is CC(CN(C)C)NS(=O)(=O)c1ccc(Cl)c(C(=O)O)c1. The van der Waals surface area contributed by atoms with Crippen LogP contribution in [-0.4, -0.2) is 51.1 Å². The monoisotopic (exact) mass is 320 g/mol. The van der Waals surface area contributed by atoms with Crippen molar-refractivity contribution in [1.82, 2.24) is 9.62 Å². The standard InChI is InChI=1S/C12H17ClN2O4S/c1-8(7-15(2)3)14-20(18,19)9-4-5-11(13)10(6-9)12(16)17/h4-6,8,14H,7H2,1-3H3,(H,16,17). The van der Waals surface area contributed by atoms with Crippen molar-refractivity contribution in [2.75, 3.05) is 20.6 Å². The fraction of sp³-hybridized carbons (Fsp3) is 0.417. The van der Waals surface area contributed by atoms with Crippen LogP contribution < -0.4 is 4.72 Å². The number of likely N-dealkylation sites (N-methyl/N-ethyl adjacent to an activating group) is 1. The predicted octanol–water partition coefficient (Wildman–Crippen LogP) is 1.27. The third kappa shape index (κ3) is 4.45. The van der Waals surface area contributed by atoms with Crippen LogP contribution in [0.3, 0.4) is 0 Å². The Morgan fingerprint density at radius 3 is 2.55 bits per heavy atom. The minimum atomic E-state index is -3.78. The Balaban J connectivity index is 3.04. The molecule has 0 heterocycles. The Bertz CT molecular complexity index is 601. The normalized spacial score (nSPS) is 13.4. The van der Waals surface area contributed by atoms with Gasteiger partial charge in [0.25, 0.3) is 0 Å². The summed E-state index contributed by atoms with van der Waals surface area (Å²) >= 11 is 5.71. The van der Waals surface area contributed by atoms with Crippen molar-refractivity contribution in [3.8, 4) is 0 Å². The highest BCUT2D eigenvalue weighted by molar-refractivity contribution is 7.89. The van der Waals surface area contributed by atoms with Crippen molar-refractivity contribution in [1.29, 1.82) is 0 Å². The zero-order valence-electron chi connectivity index (χ0n) is 11.4. The van der Waals surface area contributed by atoms with E-state index in [1.54, 1.807) is 6.92 Å². The van der Waals surface area contributed by atoms with Crippen molar-refractivity contribution in [3.05, 3.63) is 28.8 Å². The molecule has 0 aliphatic carbocycles. The van der Waals surface area contributed by atoms with Crippen LogP contribution in [-0.2, 0) is 10.0 Å². The number of hydrogen-bond donors (Lipinski definition) is 2. The second-order valence-electron chi connectivity index (χ2n) is 4.73. The van der Waals surface area contributed by atoms with Crippen LogP contribution in [0.2, 0.25) is 5.02 Å². The first-order valence-electron chi connectivity index (χ1n) is 5.83. The molecule has 0 amide bonds. The average molecular weight is 321 g/mol. The van der Waals surface area contributed by atoms with Gasteiger partial charge in [0.2, 0.25) is 10.0 Å². The number of rotatable bonds is 6. The molecule has 0 radical (unpaired) electrons. The number of carbonyl (C=O) groups is 1. The second-order valence-corrected chi connectivity index (χ2v) is 6.85. The van der Waals surface area contributed by atoms with Crippen LogP contribution in [0.1, 0.15) is 17.3 Å². The number of aromatic carboxylic acids is 1. The number of benzene rings is 1. The molecule has 20 heavy (non-hydrogen) atoms. The summed E-state index contributed by atoms with van der Waals surface area (Å²) in [4.78, 5) is 12.7. The van der Waals surface area contributed by atoms with E-state index in [4.69, 9.17) is 16.7 Å². The summed E-state index contributed by atoms with van der Waals surface area (Å²) in [6, 6.07) is 3.28. The Labute approximate surface area is 123 Å². The van der Waals surface area contributed by atoms with Crippen LogP contribution >= 0.6 is 11.6 Å². The van der Waals surface area contributed by atoms with Crippen LogP contribution in [0.15, 0.2) is 23.1 Å². The van der Waals surface area contributed by atoms with E-state index in [2.05, 4.69) is 4.72 Å². The molecule has 0 bridgehead atoms. The van der Waals surface area contributed by atoms with E-state index in [1.807, 2.05) is 19.0 Å². The van der Waals surface area contributed by atoms with E-state index in [1.165, 1.54) is 12.1 Å². The Kier molecular flexibility index (Phi) is 5.52. The summed E-state index contributed by atoms with van der Waals surface area (Å²) in [5.74, 6) is -1.27. The topological polar surface area (TPSA) is 86.7 Å². The first-order chi connectivity index (χ1) is 9.13. The first kappa shape index (κ1) is 16.9. The van der Waals surface area contributed by atoms with E-state index in [9.17, 15) is 13.2 Å². The van der Waals surface area contributed by atoms with Crippen LogP contribution in [0.25, 0.3) is 0 Å². The molecule has 0 aromatic heterocycles. The zero-order valence-corrected chi connectivity index (χ0v) is 13.0. The molecule has 6 nitrogen and oxygen atoms in total. The molecule has 1 atom stereocenters. The summed E-state index contributed by atoms with van der Waals surface area (Å²) in [5, 5.41) is 8.95. The van der Waals surface area contributed by atoms with Gasteiger partial charge in [0.1, 0.15) is 0 Å². The summed E-state index contributed by atoms with van der Waals surface area (Å²) in [5.41, 5.74) is -0.241. The van der Waals surface area contributed by atoms with E-state index in [0.717, 1.165) is 6.07 Å². The van der Waals surface area contributed by atoms with Gasteiger partial charge in [-0.3, -0.25) is 0 Å². The summed E-state index contributed by atoms with van der Waals surface area (Å²) in [6.45, 7) is 2.25. The maximum Gasteiger partial charge on any atom is 0.337 e. The number of sulfonamides is 1. The summed E-state index contributed by atoms with van der Waals surface area (Å²) < 4.78 is 26.8. The lowest BCUT2D eigenvalue weighted by atomic mass is 10.2. The smallest absolute Gasteiger partial charge is 0.337 e. The molecule has 0 aliphatic heterocycles. The molecule has 0 saturated heterocycles. The highest BCUT2D eigenvalue weighted by Crippen LogP contribution is 2.20. The Hall–Kier alpha value is -1.15.